The van der Waals surface area contributed by atoms with E-state index < -0.39 is 0 Å². The molecular formula is C15H20N4S. The fourth-order valence-electron chi connectivity index (χ4n) is 2.57. The molecule has 0 spiro atoms. The minimum absolute atomic E-state index is 0.765. The van der Waals surface area contributed by atoms with Gasteiger partial charge in [-0.2, -0.15) is 0 Å². The molecule has 1 saturated heterocycles. The van der Waals surface area contributed by atoms with Crippen molar-refractivity contribution in [3.8, 4) is 0 Å². The Bertz CT molecular complexity index is 561. The van der Waals surface area contributed by atoms with E-state index in [1.807, 2.05) is 12.3 Å². The van der Waals surface area contributed by atoms with Gasteiger partial charge in [0.1, 0.15) is 5.82 Å². The van der Waals surface area contributed by atoms with Gasteiger partial charge >= 0.3 is 0 Å². The van der Waals surface area contributed by atoms with Gasteiger partial charge in [0, 0.05) is 16.8 Å². The molecule has 3 heterocycles. The van der Waals surface area contributed by atoms with Gasteiger partial charge < -0.3 is 10.6 Å². The van der Waals surface area contributed by atoms with E-state index in [4.69, 9.17) is 4.98 Å². The minimum Gasteiger partial charge on any atom is -0.317 e. The third-order valence-corrected chi connectivity index (χ3v) is 4.45. The number of hydrogen-bond acceptors (Lipinski definition) is 5. The van der Waals surface area contributed by atoms with Crippen LogP contribution in [0.4, 0.5) is 10.9 Å². The number of rotatable bonds is 4. The van der Waals surface area contributed by atoms with Crippen molar-refractivity contribution in [3.63, 3.8) is 0 Å². The third kappa shape index (κ3) is 3.55. The number of aryl methyl sites for hydroxylation is 1. The second kappa shape index (κ2) is 6.33. The van der Waals surface area contributed by atoms with E-state index >= 15 is 0 Å². The molecule has 0 radical (unpaired) electrons. The van der Waals surface area contributed by atoms with Crippen molar-refractivity contribution < 1.29 is 0 Å². The summed E-state index contributed by atoms with van der Waals surface area (Å²) in [6.07, 6.45) is 5.47. The van der Waals surface area contributed by atoms with Crippen LogP contribution in [0.3, 0.4) is 0 Å². The zero-order valence-corrected chi connectivity index (χ0v) is 12.5. The second-order valence-corrected chi connectivity index (χ2v) is 6.55. The van der Waals surface area contributed by atoms with Crippen LogP contribution in [-0.2, 0) is 6.42 Å². The Hall–Kier alpha value is -1.46. The van der Waals surface area contributed by atoms with Gasteiger partial charge in [-0.1, -0.05) is 6.07 Å². The molecule has 1 aliphatic rings. The Balaban J connectivity index is 1.65. The Kier molecular flexibility index (Phi) is 4.28. The highest BCUT2D eigenvalue weighted by Gasteiger charge is 2.14. The lowest BCUT2D eigenvalue weighted by Gasteiger charge is -2.22. The maximum Gasteiger partial charge on any atom is 0.188 e. The molecule has 0 unspecified atom stereocenters. The van der Waals surface area contributed by atoms with Crippen LogP contribution in [0.15, 0.2) is 24.4 Å². The molecule has 2 aromatic rings. The molecule has 0 saturated carbocycles. The normalized spacial score (nSPS) is 16.2. The summed E-state index contributed by atoms with van der Waals surface area (Å²) in [5.41, 5.74) is 1.18. The van der Waals surface area contributed by atoms with Gasteiger partial charge in [0.2, 0.25) is 0 Å². The Morgan fingerprint density at radius 1 is 1.35 bits per heavy atom. The van der Waals surface area contributed by atoms with Crippen LogP contribution in [0, 0.1) is 12.8 Å². The summed E-state index contributed by atoms with van der Waals surface area (Å²) in [4.78, 5) is 10.2. The number of aromatic nitrogens is 2. The predicted octanol–water partition coefficient (Wildman–Crippen LogP) is 3.13. The number of anilines is 2. The summed E-state index contributed by atoms with van der Waals surface area (Å²) < 4.78 is 0. The number of piperidine rings is 1. The van der Waals surface area contributed by atoms with E-state index in [1.54, 1.807) is 11.3 Å². The lowest BCUT2D eigenvalue weighted by atomic mass is 9.93. The van der Waals surface area contributed by atoms with E-state index in [2.05, 4.69) is 34.7 Å². The molecule has 20 heavy (non-hydrogen) atoms. The van der Waals surface area contributed by atoms with Gasteiger partial charge in [-0.3, -0.25) is 0 Å². The van der Waals surface area contributed by atoms with Crippen LogP contribution in [0.2, 0.25) is 0 Å². The fourth-order valence-corrected chi connectivity index (χ4v) is 3.24. The highest BCUT2D eigenvalue weighted by molar-refractivity contribution is 7.15. The molecule has 2 N–H and O–H groups in total. The molecule has 2 aromatic heterocycles. The third-order valence-electron chi connectivity index (χ3n) is 3.62. The van der Waals surface area contributed by atoms with Crippen LogP contribution in [0.1, 0.15) is 23.4 Å². The summed E-state index contributed by atoms with van der Waals surface area (Å²) in [6, 6.07) is 6.20. The topological polar surface area (TPSA) is 49.8 Å². The van der Waals surface area contributed by atoms with Gasteiger partial charge in [0.25, 0.3) is 0 Å². The highest BCUT2D eigenvalue weighted by Crippen LogP contribution is 2.22. The van der Waals surface area contributed by atoms with E-state index in [9.17, 15) is 0 Å². The average molecular weight is 288 g/mol. The van der Waals surface area contributed by atoms with Gasteiger partial charge in [0.15, 0.2) is 5.13 Å². The Morgan fingerprint density at radius 2 is 2.20 bits per heavy atom. The summed E-state index contributed by atoms with van der Waals surface area (Å²) in [6.45, 7) is 4.34. The predicted molar refractivity (Wildman–Crippen MR) is 83.7 cm³/mol. The maximum atomic E-state index is 4.71. The molecular weight excluding hydrogens is 268 g/mol. The lowest BCUT2D eigenvalue weighted by Crippen LogP contribution is -2.28. The highest BCUT2D eigenvalue weighted by atomic mass is 32.1. The van der Waals surface area contributed by atoms with E-state index in [-0.39, 0.29) is 0 Å². The monoisotopic (exact) mass is 288 g/mol. The number of hydrogen-bond donors (Lipinski definition) is 2. The molecule has 5 heteroatoms. The van der Waals surface area contributed by atoms with Gasteiger partial charge in [-0.15, -0.1) is 11.3 Å². The SMILES string of the molecule is Cc1cnc(Nc2cccc(CC3CCNCC3)n2)s1. The summed E-state index contributed by atoms with van der Waals surface area (Å²) >= 11 is 1.65. The van der Waals surface area contributed by atoms with Crippen molar-refractivity contribution >= 4 is 22.3 Å². The first kappa shape index (κ1) is 13.5. The smallest absolute Gasteiger partial charge is 0.188 e. The molecule has 0 bridgehead atoms. The molecule has 0 atom stereocenters. The van der Waals surface area contributed by atoms with Crippen LogP contribution < -0.4 is 10.6 Å². The van der Waals surface area contributed by atoms with Crippen LogP contribution in [-0.4, -0.2) is 23.1 Å². The van der Waals surface area contributed by atoms with Gasteiger partial charge in [-0.25, -0.2) is 9.97 Å². The number of thiazole rings is 1. The number of nitrogens with zero attached hydrogens (tertiary/aromatic N) is 2. The summed E-state index contributed by atoms with van der Waals surface area (Å²) in [7, 11) is 0. The largest absolute Gasteiger partial charge is 0.317 e. The number of nitrogens with one attached hydrogen (secondary N) is 2. The Morgan fingerprint density at radius 3 is 2.95 bits per heavy atom. The lowest BCUT2D eigenvalue weighted by molar-refractivity contribution is 0.370. The minimum atomic E-state index is 0.765. The van der Waals surface area contributed by atoms with Gasteiger partial charge in [0.05, 0.1) is 0 Å². The average Bonchev–Trinajstić information content (AvgIpc) is 2.86. The van der Waals surface area contributed by atoms with E-state index in [0.717, 1.165) is 36.4 Å². The van der Waals surface area contributed by atoms with Crippen LogP contribution >= 0.6 is 11.3 Å². The van der Waals surface area contributed by atoms with Crippen molar-refractivity contribution in [1.29, 1.82) is 0 Å². The quantitative estimate of drug-likeness (QED) is 0.907. The molecule has 0 aromatic carbocycles. The standard InChI is InChI=1S/C15H20N4S/c1-11-10-17-15(20-11)19-14-4-2-3-13(18-14)9-12-5-7-16-8-6-12/h2-4,10,12,16H,5-9H2,1H3,(H,17,18,19). The van der Waals surface area contributed by atoms with Crippen molar-refractivity contribution in [2.45, 2.75) is 26.2 Å². The second-order valence-electron chi connectivity index (χ2n) is 5.31. The zero-order valence-electron chi connectivity index (χ0n) is 11.7. The van der Waals surface area contributed by atoms with Crippen LogP contribution in [0.5, 0.6) is 0 Å². The molecule has 3 rings (SSSR count). The molecule has 1 aliphatic heterocycles. The molecule has 0 amide bonds. The van der Waals surface area contributed by atoms with Crippen molar-refractivity contribution in [1.82, 2.24) is 15.3 Å². The zero-order chi connectivity index (χ0) is 13.8. The molecule has 0 aliphatic carbocycles. The first-order chi connectivity index (χ1) is 9.79. The molecule has 4 nitrogen and oxygen atoms in total. The fraction of sp³-hybridized carbons (Fsp3) is 0.467. The Labute approximate surface area is 123 Å². The van der Waals surface area contributed by atoms with E-state index in [0.29, 0.717) is 0 Å². The number of pyridine rings is 1. The molecule has 106 valence electrons. The summed E-state index contributed by atoms with van der Waals surface area (Å²) in [5, 5.41) is 7.60. The van der Waals surface area contributed by atoms with E-state index in [1.165, 1.54) is 23.4 Å². The molecule has 1 fully saturated rings. The van der Waals surface area contributed by atoms with Crippen molar-refractivity contribution in [2.24, 2.45) is 5.92 Å². The summed E-state index contributed by atoms with van der Waals surface area (Å²) in [5.74, 6) is 1.66. The van der Waals surface area contributed by atoms with Crippen LogP contribution in [0.25, 0.3) is 0 Å². The van der Waals surface area contributed by atoms with Crippen molar-refractivity contribution in [2.75, 3.05) is 18.4 Å². The van der Waals surface area contributed by atoms with Gasteiger partial charge in [-0.05, 0) is 57.3 Å². The maximum absolute atomic E-state index is 4.71. The first-order valence-corrected chi connectivity index (χ1v) is 7.97. The first-order valence-electron chi connectivity index (χ1n) is 7.16. The van der Waals surface area contributed by atoms with Crippen molar-refractivity contribution in [3.05, 3.63) is 35.0 Å².